The Kier molecular flexibility index (Phi) is 3.19. The molecule has 1 saturated heterocycles. The highest BCUT2D eigenvalue weighted by molar-refractivity contribution is 6.34. The molecule has 0 radical (unpaired) electrons. The van der Waals surface area contributed by atoms with Crippen LogP contribution < -0.4 is 0 Å². The normalized spacial score (nSPS) is 28.2. The molecule has 2 heterocycles. The molecule has 1 N–H and O–H groups in total. The van der Waals surface area contributed by atoms with Gasteiger partial charge in [-0.1, -0.05) is 30.7 Å². The Hall–Kier alpha value is -1.57. The molecular formula is C15H16ClN3O. The van der Waals surface area contributed by atoms with Gasteiger partial charge in [-0.2, -0.15) is 5.10 Å². The Morgan fingerprint density at radius 2 is 2.25 bits per heavy atom. The molecule has 2 aliphatic rings. The summed E-state index contributed by atoms with van der Waals surface area (Å²) >= 11 is 6.25. The van der Waals surface area contributed by atoms with Crippen LogP contribution in [0.2, 0.25) is 5.02 Å². The maximum atomic E-state index is 9.71. The average molecular weight is 290 g/mol. The zero-order valence-corrected chi connectivity index (χ0v) is 12.2. The van der Waals surface area contributed by atoms with E-state index in [9.17, 15) is 5.11 Å². The Labute approximate surface area is 123 Å². The van der Waals surface area contributed by atoms with Gasteiger partial charge in [-0.15, -0.1) is 0 Å². The number of hydrazone groups is 1. The molecule has 0 aromatic heterocycles. The summed E-state index contributed by atoms with van der Waals surface area (Å²) in [6.45, 7) is 11.8. The summed E-state index contributed by atoms with van der Waals surface area (Å²) in [7, 11) is 0. The minimum Gasteiger partial charge on any atom is -0.391 e. The van der Waals surface area contributed by atoms with E-state index in [1.54, 1.807) is 6.07 Å². The Morgan fingerprint density at radius 3 is 2.90 bits per heavy atom. The molecule has 4 nitrogen and oxygen atoms in total. The number of aliphatic hydroxyl groups excluding tert-OH is 1. The van der Waals surface area contributed by atoms with Gasteiger partial charge in [0.25, 0.3) is 0 Å². The van der Waals surface area contributed by atoms with Gasteiger partial charge >= 0.3 is 0 Å². The fourth-order valence-electron chi connectivity index (χ4n) is 3.15. The van der Waals surface area contributed by atoms with Crippen molar-refractivity contribution in [1.29, 1.82) is 0 Å². The van der Waals surface area contributed by atoms with E-state index in [4.69, 9.17) is 18.2 Å². The van der Waals surface area contributed by atoms with Crippen molar-refractivity contribution in [2.24, 2.45) is 11.0 Å². The third-order valence-corrected chi connectivity index (χ3v) is 4.78. The van der Waals surface area contributed by atoms with E-state index >= 15 is 0 Å². The Bertz CT molecular complexity index is 635. The van der Waals surface area contributed by atoms with Crippen LogP contribution in [0.4, 0.5) is 5.69 Å². The molecule has 5 heteroatoms. The second-order valence-corrected chi connectivity index (χ2v) is 5.91. The van der Waals surface area contributed by atoms with Crippen LogP contribution >= 0.6 is 11.6 Å². The molecule has 0 unspecified atom stereocenters. The van der Waals surface area contributed by atoms with Crippen molar-refractivity contribution in [3.05, 3.63) is 39.7 Å². The maximum absolute atomic E-state index is 9.71. The molecule has 0 saturated carbocycles. The van der Waals surface area contributed by atoms with Gasteiger partial charge in [0.1, 0.15) is 0 Å². The van der Waals surface area contributed by atoms with Crippen LogP contribution in [0, 0.1) is 19.4 Å². The van der Waals surface area contributed by atoms with Crippen LogP contribution in [0.15, 0.2) is 17.2 Å². The highest BCUT2D eigenvalue weighted by Crippen LogP contribution is 2.37. The smallest absolute Gasteiger partial charge is 0.205 e. The molecule has 3 rings (SSSR count). The van der Waals surface area contributed by atoms with Crippen LogP contribution in [0.1, 0.15) is 24.5 Å². The second kappa shape index (κ2) is 4.76. The van der Waals surface area contributed by atoms with Crippen LogP contribution in [-0.2, 0) is 0 Å². The summed E-state index contributed by atoms with van der Waals surface area (Å²) in [6.07, 6.45) is 0.489. The maximum Gasteiger partial charge on any atom is 0.205 e. The van der Waals surface area contributed by atoms with E-state index < -0.39 is 0 Å². The Balaban J connectivity index is 2.01. The molecule has 1 aromatic carbocycles. The minimum absolute atomic E-state index is 0.265. The number of hydrogen-bond acceptors (Lipinski definition) is 3. The Morgan fingerprint density at radius 1 is 1.50 bits per heavy atom. The first-order valence-electron chi connectivity index (χ1n) is 6.73. The quantitative estimate of drug-likeness (QED) is 0.808. The molecule has 20 heavy (non-hydrogen) atoms. The fraction of sp³-hybridized carbons (Fsp3) is 0.467. The molecule has 0 spiro atoms. The summed E-state index contributed by atoms with van der Waals surface area (Å²) in [5.41, 5.74) is 3.42. The number of nitrogens with zero attached hydrogens (tertiary/aromatic N) is 3. The number of fused-ring (bicyclic) bond motifs is 1. The fourth-order valence-corrected chi connectivity index (χ4v) is 3.36. The van der Waals surface area contributed by atoms with Crippen molar-refractivity contribution >= 4 is 23.0 Å². The predicted octanol–water partition coefficient (Wildman–Crippen LogP) is 2.99. The lowest BCUT2D eigenvalue weighted by molar-refractivity contribution is 0.178. The van der Waals surface area contributed by atoms with Gasteiger partial charge in [0.05, 0.1) is 36.0 Å². The van der Waals surface area contributed by atoms with E-state index in [0.717, 1.165) is 23.3 Å². The van der Waals surface area contributed by atoms with E-state index in [0.29, 0.717) is 17.3 Å². The van der Waals surface area contributed by atoms with Crippen LogP contribution in [0.3, 0.4) is 0 Å². The van der Waals surface area contributed by atoms with Crippen molar-refractivity contribution in [3.8, 4) is 0 Å². The highest BCUT2D eigenvalue weighted by atomic mass is 35.5. The summed E-state index contributed by atoms with van der Waals surface area (Å²) < 4.78 is 0. The van der Waals surface area contributed by atoms with E-state index in [1.165, 1.54) is 0 Å². The number of aliphatic hydroxyl groups is 1. The van der Waals surface area contributed by atoms with Gasteiger partial charge in [0.2, 0.25) is 5.69 Å². The molecule has 1 fully saturated rings. The number of halogens is 1. The molecule has 2 aliphatic heterocycles. The monoisotopic (exact) mass is 289 g/mol. The van der Waals surface area contributed by atoms with Crippen LogP contribution in [0.5, 0.6) is 0 Å². The van der Waals surface area contributed by atoms with Gasteiger partial charge < -0.3 is 5.11 Å². The van der Waals surface area contributed by atoms with E-state index in [1.807, 2.05) is 18.0 Å². The lowest BCUT2D eigenvalue weighted by atomic mass is 9.89. The number of rotatable bonds is 1. The minimum atomic E-state index is -0.276. The van der Waals surface area contributed by atoms with Crippen molar-refractivity contribution in [2.75, 3.05) is 6.54 Å². The van der Waals surface area contributed by atoms with Crippen LogP contribution in [-0.4, -0.2) is 34.5 Å². The number of benzene rings is 1. The second-order valence-electron chi connectivity index (χ2n) is 5.54. The third kappa shape index (κ3) is 1.90. The standard InChI is InChI=1S/C15H16ClN3O/c1-8-11(4-5-12(17-3)14(8)16)15-9(2)13-6-10(20)7-19(13)18-15/h4-5,9-10,13,20H,6-7H2,1-2H3/t9-,10+,13-/m0/s1. The molecular weight excluding hydrogens is 274 g/mol. The lowest BCUT2D eigenvalue weighted by Crippen LogP contribution is -2.26. The largest absolute Gasteiger partial charge is 0.391 e. The SMILES string of the molecule is [C-]#[N+]c1ccc(C2=NN3C[C@H](O)C[C@H]3[C@@H]2C)c(C)c1Cl. The first-order valence-corrected chi connectivity index (χ1v) is 7.11. The van der Waals surface area contributed by atoms with Gasteiger partial charge in [-0.25, -0.2) is 4.85 Å². The first kappa shape index (κ1) is 13.4. The molecule has 3 atom stereocenters. The van der Waals surface area contributed by atoms with Crippen LogP contribution in [0.25, 0.3) is 4.85 Å². The van der Waals surface area contributed by atoms with Crippen molar-refractivity contribution in [3.63, 3.8) is 0 Å². The topological polar surface area (TPSA) is 40.2 Å². The van der Waals surface area contributed by atoms with Gasteiger partial charge in [0, 0.05) is 5.92 Å². The van der Waals surface area contributed by atoms with E-state index in [2.05, 4.69) is 16.9 Å². The highest BCUT2D eigenvalue weighted by Gasteiger charge is 2.41. The van der Waals surface area contributed by atoms with Gasteiger partial charge in [0.15, 0.2) is 0 Å². The van der Waals surface area contributed by atoms with Gasteiger partial charge in [-0.3, -0.25) is 5.01 Å². The van der Waals surface area contributed by atoms with Crippen molar-refractivity contribution in [1.82, 2.24) is 5.01 Å². The van der Waals surface area contributed by atoms with E-state index in [-0.39, 0.29) is 18.1 Å². The molecule has 0 aliphatic carbocycles. The summed E-state index contributed by atoms with van der Waals surface area (Å²) in [5, 5.41) is 16.9. The van der Waals surface area contributed by atoms with Crippen molar-refractivity contribution in [2.45, 2.75) is 32.4 Å². The molecule has 1 aromatic rings. The molecule has 0 amide bonds. The molecule has 0 bridgehead atoms. The average Bonchev–Trinajstić information content (AvgIpc) is 2.92. The zero-order chi connectivity index (χ0) is 14.4. The summed E-state index contributed by atoms with van der Waals surface area (Å²) in [6, 6.07) is 3.96. The number of hydrogen-bond donors (Lipinski definition) is 1. The third-order valence-electron chi connectivity index (χ3n) is 4.30. The van der Waals surface area contributed by atoms with Crippen molar-refractivity contribution < 1.29 is 5.11 Å². The summed E-state index contributed by atoms with van der Waals surface area (Å²) in [5.74, 6) is 0.265. The zero-order valence-electron chi connectivity index (χ0n) is 11.5. The summed E-state index contributed by atoms with van der Waals surface area (Å²) in [4.78, 5) is 3.42. The first-order chi connectivity index (χ1) is 9.52. The van der Waals surface area contributed by atoms with Gasteiger partial charge in [-0.05, 0) is 24.5 Å². The lowest BCUT2D eigenvalue weighted by Gasteiger charge is -2.17. The molecule has 104 valence electrons. The predicted molar refractivity (Wildman–Crippen MR) is 79.3 cm³/mol.